The zero-order valence-corrected chi connectivity index (χ0v) is 54.5. The fourth-order valence-electron chi connectivity index (χ4n) is 9.59. The minimum atomic E-state index is -4.40. The minimum Gasteiger partial charge on any atom is -0.462 e. The molecule has 83 heavy (non-hydrogen) atoms. The van der Waals surface area contributed by atoms with E-state index in [1.165, 1.54) is 186 Å². The zero-order chi connectivity index (χ0) is 60.1. The first kappa shape index (κ1) is 79.7. The smallest absolute Gasteiger partial charge is 0.462 e. The molecule has 478 valence electrons. The van der Waals surface area contributed by atoms with Crippen molar-refractivity contribution in [1.82, 2.24) is 0 Å². The van der Waals surface area contributed by atoms with Crippen molar-refractivity contribution in [2.45, 2.75) is 315 Å². The molecule has 0 aromatic carbocycles. The standard InChI is InChI=1S/C73H128NO8P/c1-3-5-7-9-11-13-15-17-19-21-23-25-26-27-28-29-30-31-32-33-34-35-36-37-38-39-40-41-42-43-44-46-48-50-52-54-56-58-60-62-64-66-73(76)82-71(70-81-83(77,78)80-68-67-74)69-79-72(75)65-63-61-59-57-55-53-51-49-47-45-24-22-20-18-16-14-12-10-8-6-4-2/h5,7,11,13,17,19,22-25,27-28,30-31,33-34,36-37,71H,3-4,6,8-10,12,14-16,18,20-21,26,29,32,35,38-70,74H2,1-2H3,(H,77,78)/b7-5-,13-11-,19-17-,24-22-,25-23-,28-27-,31-30-,34-33-,37-36-. The van der Waals surface area contributed by atoms with Crippen molar-refractivity contribution in [2.75, 3.05) is 26.4 Å². The van der Waals surface area contributed by atoms with E-state index >= 15 is 0 Å². The number of nitrogens with two attached hydrogens (primary N) is 1. The van der Waals surface area contributed by atoms with Crippen LogP contribution < -0.4 is 5.73 Å². The average molecular weight is 1180 g/mol. The molecule has 0 saturated carbocycles. The van der Waals surface area contributed by atoms with Gasteiger partial charge in [0.25, 0.3) is 0 Å². The van der Waals surface area contributed by atoms with Gasteiger partial charge in [-0.2, -0.15) is 0 Å². The normalized spacial score (nSPS) is 13.6. The first-order chi connectivity index (χ1) is 40.8. The molecule has 0 spiro atoms. The maximum Gasteiger partial charge on any atom is 0.472 e. The van der Waals surface area contributed by atoms with Crippen LogP contribution in [-0.2, 0) is 32.7 Å². The number of hydrogen-bond donors (Lipinski definition) is 2. The molecule has 0 radical (unpaired) electrons. The van der Waals surface area contributed by atoms with Crippen LogP contribution in [0.2, 0.25) is 0 Å². The van der Waals surface area contributed by atoms with Gasteiger partial charge in [0, 0.05) is 19.4 Å². The highest BCUT2D eigenvalue weighted by molar-refractivity contribution is 7.47. The largest absolute Gasteiger partial charge is 0.472 e. The summed E-state index contributed by atoms with van der Waals surface area (Å²) in [4.78, 5) is 35.3. The Kier molecular flexibility index (Phi) is 65.1. The Bertz CT molecular complexity index is 1730. The van der Waals surface area contributed by atoms with Gasteiger partial charge >= 0.3 is 19.8 Å². The molecule has 2 atom stereocenters. The monoisotopic (exact) mass is 1180 g/mol. The number of phosphoric acid groups is 1. The molecular weight excluding hydrogens is 1050 g/mol. The molecule has 2 unspecified atom stereocenters. The van der Waals surface area contributed by atoms with E-state index in [4.69, 9.17) is 24.3 Å². The number of hydrogen-bond acceptors (Lipinski definition) is 8. The van der Waals surface area contributed by atoms with Gasteiger partial charge in [-0.15, -0.1) is 0 Å². The molecule has 0 saturated heterocycles. The number of unbranched alkanes of at least 4 members (excludes halogenated alkanes) is 33. The van der Waals surface area contributed by atoms with Crippen molar-refractivity contribution < 1.29 is 37.6 Å². The molecule has 0 aromatic rings. The predicted octanol–water partition coefficient (Wildman–Crippen LogP) is 22.5. The average Bonchev–Trinajstić information content (AvgIpc) is 3.49. The van der Waals surface area contributed by atoms with Crippen molar-refractivity contribution in [3.05, 3.63) is 109 Å². The third-order valence-electron chi connectivity index (χ3n) is 14.6. The lowest BCUT2D eigenvalue weighted by Crippen LogP contribution is -2.29. The fraction of sp³-hybridized carbons (Fsp3) is 0.726. The Balaban J connectivity index is 3.87. The van der Waals surface area contributed by atoms with Gasteiger partial charge in [-0.1, -0.05) is 303 Å². The SMILES string of the molecule is CC/C=C\C/C=C\C/C=C\C/C=C\C/C=C\C/C=C\C/C=C\C/C=C\CCCCCCCCCCCCCCCCCCC(=O)OC(COC(=O)CCCCCCCCCCC/C=C\CCCCCCCCCC)COP(=O)(O)OCCN. The molecule has 3 N–H and O–H groups in total. The highest BCUT2D eigenvalue weighted by Gasteiger charge is 2.26. The molecule has 0 fully saturated rings. The highest BCUT2D eigenvalue weighted by atomic mass is 31.2. The van der Waals surface area contributed by atoms with Gasteiger partial charge in [0.2, 0.25) is 0 Å². The van der Waals surface area contributed by atoms with E-state index in [0.717, 1.165) is 89.9 Å². The van der Waals surface area contributed by atoms with Crippen LogP contribution in [0.4, 0.5) is 0 Å². The number of allylic oxidation sites excluding steroid dienone is 18. The Labute approximate surface area is 511 Å². The summed E-state index contributed by atoms with van der Waals surface area (Å²) in [6, 6.07) is 0. The van der Waals surface area contributed by atoms with Crippen LogP contribution in [0.3, 0.4) is 0 Å². The van der Waals surface area contributed by atoms with E-state index in [-0.39, 0.29) is 38.6 Å². The molecular formula is C73H128NO8P. The fourth-order valence-corrected chi connectivity index (χ4v) is 10.4. The molecule has 9 nitrogen and oxygen atoms in total. The molecule has 0 aromatic heterocycles. The molecule has 0 heterocycles. The lowest BCUT2D eigenvalue weighted by molar-refractivity contribution is -0.161. The third kappa shape index (κ3) is 67.7. The minimum absolute atomic E-state index is 0.0510. The van der Waals surface area contributed by atoms with Gasteiger partial charge in [0.1, 0.15) is 6.61 Å². The van der Waals surface area contributed by atoms with E-state index in [1.807, 2.05) is 0 Å². The number of carbonyl (C=O) groups excluding carboxylic acids is 2. The van der Waals surface area contributed by atoms with Crippen LogP contribution in [0.5, 0.6) is 0 Å². The predicted molar refractivity (Wildman–Crippen MR) is 358 cm³/mol. The maximum absolute atomic E-state index is 12.8. The zero-order valence-electron chi connectivity index (χ0n) is 53.7. The Morgan fingerprint density at radius 2 is 0.663 bits per heavy atom. The van der Waals surface area contributed by atoms with Gasteiger partial charge in [0.15, 0.2) is 6.10 Å². The van der Waals surface area contributed by atoms with Crippen LogP contribution in [0.1, 0.15) is 309 Å². The van der Waals surface area contributed by atoms with Crippen molar-refractivity contribution >= 4 is 19.8 Å². The number of rotatable bonds is 64. The molecule has 10 heteroatoms. The first-order valence-corrected chi connectivity index (χ1v) is 35.9. The van der Waals surface area contributed by atoms with Crippen LogP contribution in [0.25, 0.3) is 0 Å². The summed E-state index contributed by atoms with van der Waals surface area (Å²) in [6.07, 6.45) is 93.2. The van der Waals surface area contributed by atoms with E-state index in [1.54, 1.807) is 0 Å². The van der Waals surface area contributed by atoms with Gasteiger partial charge < -0.3 is 20.1 Å². The summed E-state index contributed by atoms with van der Waals surface area (Å²) in [5.41, 5.74) is 5.40. The molecule has 0 bridgehead atoms. The maximum atomic E-state index is 12.8. The van der Waals surface area contributed by atoms with Crippen LogP contribution >= 0.6 is 7.82 Å². The summed E-state index contributed by atoms with van der Waals surface area (Å²) in [5.74, 6) is -0.822. The van der Waals surface area contributed by atoms with Crippen LogP contribution in [-0.4, -0.2) is 49.3 Å². The molecule has 0 aliphatic heterocycles. The summed E-state index contributed by atoms with van der Waals surface area (Å²) >= 11 is 0. The van der Waals surface area contributed by atoms with E-state index in [0.29, 0.717) is 6.42 Å². The number of esters is 2. The van der Waals surface area contributed by atoms with Crippen molar-refractivity contribution in [3.8, 4) is 0 Å². The Morgan fingerprint density at radius 3 is 1.00 bits per heavy atom. The second kappa shape index (κ2) is 67.8. The lowest BCUT2D eigenvalue weighted by Gasteiger charge is -2.19. The molecule has 0 rings (SSSR count). The number of ether oxygens (including phenoxy) is 2. The summed E-state index contributed by atoms with van der Waals surface area (Å²) in [6.45, 7) is 3.66. The van der Waals surface area contributed by atoms with Crippen LogP contribution in [0, 0.1) is 0 Å². The number of carbonyl (C=O) groups is 2. The summed E-state index contributed by atoms with van der Waals surface area (Å²) < 4.78 is 33.1. The second-order valence-electron chi connectivity index (χ2n) is 22.7. The summed E-state index contributed by atoms with van der Waals surface area (Å²) in [7, 11) is -4.40. The first-order valence-electron chi connectivity index (χ1n) is 34.4. The van der Waals surface area contributed by atoms with Crippen molar-refractivity contribution in [1.29, 1.82) is 0 Å². The molecule has 0 aliphatic carbocycles. The lowest BCUT2D eigenvalue weighted by atomic mass is 10.0. The van der Waals surface area contributed by atoms with E-state index in [2.05, 4.69) is 123 Å². The van der Waals surface area contributed by atoms with E-state index < -0.39 is 26.5 Å². The quantitative estimate of drug-likeness (QED) is 0.0264. The van der Waals surface area contributed by atoms with Crippen molar-refractivity contribution in [3.63, 3.8) is 0 Å². The topological polar surface area (TPSA) is 134 Å². The third-order valence-corrected chi connectivity index (χ3v) is 15.6. The summed E-state index contributed by atoms with van der Waals surface area (Å²) in [5, 5.41) is 0. The van der Waals surface area contributed by atoms with Gasteiger partial charge in [0.05, 0.1) is 13.2 Å². The Morgan fingerprint density at radius 1 is 0.373 bits per heavy atom. The Hall–Kier alpha value is -3.33. The van der Waals surface area contributed by atoms with Gasteiger partial charge in [-0.3, -0.25) is 18.6 Å². The van der Waals surface area contributed by atoms with Gasteiger partial charge in [-0.05, 0) is 103 Å². The second-order valence-corrected chi connectivity index (χ2v) is 24.1. The number of phosphoric ester groups is 1. The molecule has 0 amide bonds. The van der Waals surface area contributed by atoms with Crippen LogP contribution in [0.15, 0.2) is 109 Å². The molecule has 0 aliphatic rings. The van der Waals surface area contributed by atoms with Crippen molar-refractivity contribution in [2.24, 2.45) is 5.73 Å². The van der Waals surface area contributed by atoms with E-state index in [9.17, 15) is 19.0 Å². The highest BCUT2D eigenvalue weighted by Crippen LogP contribution is 2.43. The van der Waals surface area contributed by atoms with Gasteiger partial charge in [-0.25, -0.2) is 4.57 Å².